The van der Waals surface area contributed by atoms with Crippen LogP contribution in [0.2, 0.25) is 0 Å². The summed E-state index contributed by atoms with van der Waals surface area (Å²) in [6, 6.07) is 6.73. The Labute approximate surface area is 131 Å². The van der Waals surface area contributed by atoms with E-state index in [9.17, 15) is 9.90 Å². The number of nitrogens with zero attached hydrogens (tertiary/aromatic N) is 3. The molecule has 0 aliphatic carbocycles. The minimum atomic E-state index is -0.199. The summed E-state index contributed by atoms with van der Waals surface area (Å²) >= 11 is 0. The van der Waals surface area contributed by atoms with E-state index in [0.717, 1.165) is 18.6 Å². The Morgan fingerprint density at radius 2 is 2.17 bits per heavy atom. The highest BCUT2D eigenvalue weighted by molar-refractivity contribution is 5.71. The van der Waals surface area contributed by atoms with Gasteiger partial charge in [0.05, 0.1) is 18.5 Å². The van der Waals surface area contributed by atoms with Crippen LogP contribution >= 0.6 is 0 Å². The molecule has 7 nitrogen and oxygen atoms in total. The van der Waals surface area contributed by atoms with Crippen LogP contribution in [0.3, 0.4) is 0 Å². The summed E-state index contributed by atoms with van der Waals surface area (Å²) in [5.41, 5.74) is 2.33. The maximum absolute atomic E-state index is 12.2. The number of aromatic hydroxyl groups is 1. The third-order valence-electron chi connectivity index (χ3n) is 4.11. The van der Waals surface area contributed by atoms with Crippen molar-refractivity contribution in [3.8, 4) is 17.0 Å². The molecular weight excluding hydrogens is 296 g/mol. The van der Waals surface area contributed by atoms with Gasteiger partial charge in [-0.15, -0.1) is 0 Å². The second-order valence-corrected chi connectivity index (χ2v) is 5.74. The van der Waals surface area contributed by atoms with Gasteiger partial charge in [-0.1, -0.05) is 0 Å². The minimum Gasteiger partial charge on any atom is -0.508 e. The highest BCUT2D eigenvalue weighted by Gasteiger charge is 2.19. The molecule has 7 heteroatoms. The quantitative estimate of drug-likeness (QED) is 0.765. The molecule has 1 unspecified atom stereocenters. The number of ether oxygens (including phenoxy) is 1. The van der Waals surface area contributed by atoms with Crippen molar-refractivity contribution in [3.63, 3.8) is 0 Å². The van der Waals surface area contributed by atoms with Crippen LogP contribution in [0, 0.1) is 5.92 Å². The fourth-order valence-electron chi connectivity index (χ4n) is 2.85. The van der Waals surface area contributed by atoms with E-state index in [1.807, 2.05) is 0 Å². The average Bonchev–Trinajstić information content (AvgIpc) is 3.17. The topological polar surface area (TPSA) is 93.0 Å². The molecule has 3 aromatic rings. The van der Waals surface area contributed by atoms with Gasteiger partial charge in [-0.05, 0) is 30.7 Å². The average molecular weight is 312 g/mol. The summed E-state index contributed by atoms with van der Waals surface area (Å²) in [5, 5.41) is 9.38. The van der Waals surface area contributed by atoms with Crippen LogP contribution < -0.4 is 5.69 Å². The highest BCUT2D eigenvalue weighted by Crippen LogP contribution is 2.21. The monoisotopic (exact) mass is 312 g/mol. The Morgan fingerprint density at radius 1 is 1.35 bits per heavy atom. The lowest BCUT2D eigenvalue weighted by molar-refractivity contribution is 0.182. The summed E-state index contributed by atoms with van der Waals surface area (Å²) < 4.78 is 7.01. The molecule has 3 heterocycles. The third kappa shape index (κ3) is 2.59. The van der Waals surface area contributed by atoms with E-state index >= 15 is 0 Å². The van der Waals surface area contributed by atoms with Gasteiger partial charge < -0.3 is 9.84 Å². The minimum absolute atomic E-state index is 0.197. The van der Waals surface area contributed by atoms with E-state index in [1.54, 1.807) is 35.0 Å². The number of imidazole rings is 1. The standard InChI is InChI=1S/C16H16N4O3/c21-12-3-1-11(2-4-12)13-7-17-14-15(18-13)20(16(22)19-14)8-10-5-6-23-9-10/h1-4,7,10,21H,5-6,8-9H2,(H,17,19,22). The van der Waals surface area contributed by atoms with Crippen LogP contribution in [0.25, 0.3) is 22.6 Å². The summed E-state index contributed by atoms with van der Waals surface area (Å²) in [6.45, 7) is 1.99. The van der Waals surface area contributed by atoms with Crippen molar-refractivity contribution >= 4 is 11.3 Å². The highest BCUT2D eigenvalue weighted by atomic mass is 16.5. The van der Waals surface area contributed by atoms with Gasteiger partial charge in [0.25, 0.3) is 0 Å². The molecule has 0 spiro atoms. The Kier molecular flexibility index (Phi) is 3.34. The van der Waals surface area contributed by atoms with Gasteiger partial charge in [-0.25, -0.2) is 14.8 Å². The summed E-state index contributed by atoms with van der Waals surface area (Å²) in [5.74, 6) is 0.522. The number of phenols is 1. The first-order chi connectivity index (χ1) is 11.2. The van der Waals surface area contributed by atoms with Crippen LogP contribution in [0.5, 0.6) is 5.75 Å². The van der Waals surface area contributed by atoms with Gasteiger partial charge in [-0.3, -0.25) is 9.55 Å². The third-order valence-corrected chi connectivity index (χ3v) is 4.11. The fourth-order valence-corrected chi connectivity index (χ4v) is 2.85. The van der Waals surface area contributed by atoms with Crippen LogP contribution in [0.4, 0.5) is 0 Å². The van der Waals surface area contributed by atoms with Gasteiger partial charge >= 0.3 is 5.69 Å². The number of nitrogens with one attached hydrogen (secondary N) is 1. The van der Waals surface area contributed by atoms with Crippen molar-refractivity contribution < 1.29 is 9.84 Å². The van der Waals surface area contributed by atoms with Crippen LogP contribution in [0.1, 0.15) is 6.42 Å². The second-order valence-electron chi connectivity index (χ2n) is 5.74. The number of hydrogen-bond donors (Lipinski definition) is 2. The number of H-pyrrole nitrogens is 1. The Balaban J connectivity index is 1.77. The molecule has 2 aromatic heterocycles. The van der Waals surface area contributed by atoms with Crippen molar-refractivity contribution in [1.82, 2.24) is 19.5 Å². The first-order valence-corrected chi connectivity index (χ1v) is 7.53. The number of hydrogen-bond acceptors (Lipinski definition) is 5. The van der Waals surface area contributed by atoms with Gasteiger partial charge in [0.2, 0.25) is 0 Å². The first kappa shape index (κ1) is 14.0. The lowest BCUT2D eigenvalue weighted by Crippen LogP contribution is -2.22. The number of aromatic amines is 1. The van der Waals surface area contributed by atoms with Crippen molar-refractivity contribution in [2.45, 2.75) is 13.0 Å². The molecular formula is C16H16N4O3. The molecule has 0 bridgehead atoms. The van der Waals surface area contributed by atoms with E-state index in [-0.39, 0.29) is 11.4 Å². The molecule has 4 rings (SSSR count). The molecule has 1 aliphatic rings. The fraction of sp³-hybridized carbons (Fsp3) is 0.312. The largest absolute Gasteiger partial charge is 0.508 e. The van der Waals surface area contributed by atoms with Crippen LogP contribution in [-0.4, -0.2) is 37.8 Å². The molecule has 1 saturated heterocycles. The maximum atomic E-state index is 12.2. The summed E-state index contributed by atoms with van der Waals surface area (Å²) in [4.78, 5) is 23.8. The lowest BCUT2D eigenvalue weighted by atomic mass is 10.1. The normalized spacial score (nSPS) is 17.8. The molecule has 0 amide bonds. The lowest BCUT2D eigenvalue weighted by Gasteiger charge is -2.08. The maximum Gasteiger partial charge on any atom is 0.328 e. The van der Waals surface area contributed by atoms with Gasteiger partial charge in [0.1, 0.15) is 5.75 Å². The first-order valence-electron chi connectivity index (χ1n) is 7.53. The van der Waals surface area contributed by atoms with Crippen molar-refractivity contribution in [1.29, 1.82) is 0 Å². The van der Waals surface area contributed by atoms with E-state index in [0.29, 0.717) is 36.1 Å². The molecule has 1 atom stereocenters. The van der Waals surface area contributed by atoms with Gasteiger partial charge in [-0.2, -0.15) is 0 Å². The zero-order valence-electron chi connectivity index (χ0n) is 12.4. The number of rotatable bonds is 3. The molecule has 1 aromatic carbocycles. The number of phenolic OH excluding ortho intramolecular Hbond substituents is 1. The molecule has 1 fully saturated rings. The van der Waals surface area contributed by atoms with Gasteiger partial charge in [0.15, 0.2) is 11.3 Å². The SMILES string of the molecule is O=c1[nH]c2ncc(-c3ccc(O)cc3)nc2n1CC1CCOC1. The summed E-state index contributed by atoms with van der Waals surface area (Å²) in [7, 11) is 0. The van der Waals surface area contributed by atoms with E-state index in [2.05, 4.69) is 15.0 Å². The van der Waals surface area contributed by atoms with Crippen LogP contribution in [-0.2, 0) is 11.3 Å². The van der Waals surface area contributed by atoms with Crippen molar-refractivity contribution in [2.24, 2.45) is 5.92 Å². The molecule has 0 saturated carbocycles. The zero-order valence-corrected chi connectivity index (χ0v) is 12.4. The van der Waals surface area contributed by atoms with Crippen molar-refractivity contribution in [2.75, 3.05) is 13.2 Å². The number of aromatic nitrogens is 4. The molecule has 0 radical (unpaired) electrons. The van der Waals surface area contributed by atoms with E-state index < -0.39 is 0 Å². The molecule has 1 aliphatic heterocycles. The van der Waals surface area contributed by atoms with Gasteiger partial charge in [0, 0.05) is 24.6 Å². The smallest absolute Gasteiger partial charge is 0.328 e. The summed E-state index contributed by atoms with van der Waals surface area (Å²) in [6.07, 6.45) is 2.57. The van der Waals surface area contributed by atoms with Crippen LogP contribution in [0.15, 0.2) is 35.3 Å². The van der Waals surface area contributed by atoms with Crippen molar-refractivity contribution in [3.05, 3.63) is 40.9 Å². The predicted octanol–water partition coefficient (Wildman–Crippen LogP) is 1.53. The number of fused-ring (bicyclic) bond motifs is 1. The predicted molar refractivity (Wildman–Crippen MR) is 84.2 cm³/mol. The Bertz CT molecular complexity index is 892. The molecule has 118 valence electrons. The second kappa shape index (κ2) is 5.51. The zero-order chi connectivity index (χ0) is 15.8. The Hall–Kier alpha value is -2.67. The number of benzene rings is 1. The molecule has 2 N–H and O–H groups in total. The Morgan fingerprint density at radius 3 is 2.91 bits per heavy atom. The molecule has 23 heavy (non-hydrogen) atoms. The van der Waals surface area contributed by atoms with E-state index in [1.165, 1.54) is 0 Å². The van der Waals surface area contributed by atoms with E-state index in [4.69, 9.17) is 4.74 Å².